The van der Waals surface area contributed by atoms with Crippen LogP contribution in [0.5, 0.6) is 0 Å². The molecule has 0 aliphatic carbocycles. The van der Waals surface area contributed by atoms with Gasteiger partial charge in [-0.15, -0.1) is 0 Å². The van der Waals surface area contributed by atoms with Crippen LogP contribution in [0, 0.1) is 6.92 Å². The summed E-state index contributed by atoms with van der Waals surface area (Å²) in [5.41, 5.74) is 7.61. The van der Waals surface area contributed by atoms with Crippen molar-refractivity contribution in [1.82, 2.24) is 0 Å². The molecule has 1 aromatic carbocycles. The molecule has 0 amide bonds. The molecule has 0 saturated carbocycles. The number of esters is 1. The van der Waals surface area contributed by atoms with E-state index in [4.69, 9.17) is 10.5 Å². The van der Waals surface area contributed by atoms with E-state index in [1.165, 1.54) is 0 Å². The van der Waals surface area contributed by atoms with Crippen molar-refractivity contribution in [3.63, 3.8) is 0 Å². The molecule has 0 aromatic heterocycles. The number of ether oxygens (including phenoxy) is 1. The number of aryl methyl sites for hydroxylation is 1. The van der Waals surface area contributed by atoms with Crippen LogP contribution in [0.15, 0.2) is 16.6 Å². The summed E-state index contributed by atoms with van der Waals surface area (Å²) in [6, 6.07) is 3.60. The zero-order valence-corrected chi connectivity index (χ0v) is 10.4. The summed E-state index contributed by atoms with van der Waals surface area (Å²) in [5.74, 6) is -0.362. The van der Waals surface area contributed by atoms with Gasteiger partial charge in [0.05, 0.1) is 17.9 Å². The van der Waals surface area contributed by atoms with Gasteiger partial charge in [0.2, 0.25) is 0 Å². The van der Waals surface area contributed by atoms with Gasteiger partial charge in [0.1, 0.15) is 0 Å². The number of hydrogen-bond donors (Lipinski definition) is 1. The fraction of sp³-hybridized carbons (Fsp3) is 0.364. The van der Waals surface area contributed by atoms with Gasteiger partial charge in [0, 0.05) is 4.47 Å². The van der Waals surface area contributed by atoms with E-state index in [0.29, 0.717) is 17.9 Å². The van der Waals surface area contributed by atoms with Gasteiger partial charge in [-0.1, -0.05) is 6.92 Å². The monoisotopic (exact) mass is 271 g/mol. The molecule has 0 aliphatic heterocycles. The average molecular weight is 272 g/mol. The Morgan fingerprint density at radius 2 is 2.20 bits per heavy atom. The van der Waals surface area contributed by atoms with Crippen LogP contribution in [0.2, 0.25) is 0 Å². The molecule has 0 spiro atoms. The highest BCUT2D eigenvalue weighted by Gasteiger charge is 2.13. The van der Waals surface area contributed by atoms with Gasteiger partial charge >= 0.3 is 5.97 Å². The first-order valence-electron chi connectivity index (χ1n) is 4.79. The molecule has 3 nitrogen and oxygen atoms in total. The maximum Gasteiger partial charge on any atom is 0.340 e. The summed E-state index contributed by atoms with van der Waals surface area (Å²) >= 11 is 3.30. The minimum Gasteiger partial charge on any atom is -0.462 e. The second kappa shape index (κ2) is 5.16. The van der Waals surface area contributed by atoms with Gasteiger partial charge in [0.15, 0.2) is 0 Å². The Balaban J connectivity index is 2.98. The molecule has 0 aliphatic rings. The van der Waals surface area contributed by atoms with E-state index in [2.05, 4.69) is 15.9 Å². The Morgan fingerprint density at radius 1 is 1.53 bits per heavy atom. The summed E-state index contributed by atoms with van der Waals surface area (Å²) in [6.07, 6.45) is 0.804. The number of nitrogen functional groups attached to an aromatic ring is 1. The highest BCUT2D eigenvalue weighted by molar-refractivity contribution is 9.10. The molecule has 0 fully saturated rings. The Kier molecular flexibility index (Phi) is 4.15. The van der Waals surface area contributed by atoms with E-state index in [1.54, 1.807) is 6.07 Å². The first kappa shape index (κ1) is 12.0. The van der Waals surface area contributed by atoms with Gasteiger partial charge in [0.25, 0.3) is 0 Å². The quantitative estimate of drug-likeness (QED) is 0.680. The fourth-order valence-corrected chi connectivity index (χ4v) is 1.77. The molecule has 4 heteroatoms. The number of carbonyl (C=O) groups is 1. The molecule has 0 saturated heterocycles. The van der Waals surface area contributed by atoms with E-state index >= 15 is 0 Å². The summed E-state index contributed by atoms with van der Waals surface area (Å²) in [6.45, 7) is 4.27. The van der Waals surface area contributed by atoms with Crippen molar-refractivity contribution in [2.24, 2.45) is 0 Å². The predicted molar refractivity (Wildman–Crippen MR) is 63.9 cm³/mol. The molecular weight excluding hydrogens is 258 g/mol. The molecule has 1 rings (SSSR count). The topological polar surface area (TPSA) is 52.3 Å². The predicted octanol–water partition coefficient (Wildman–Crippen LogP) is 2.91. The number of carbonyl (C=O) groups excluding carboxylic acids is 1. The summed E-state index contributed by atoms with van der Waals surface area (Å²) < 4.78 is 5.76. The van der Waals surface area contributed by atoms with Crippen LogP contribution < -0.4 is 5.73 Å². The Labute approximate surface area is 97.7 Å². The lowest BCUT2D eigenvalue weighted by atomic mass is 10.1. The summed E-state index contributed by atoms with van der Waals surface area (Å²) in [4.78, 5) is 11.6. The molecule has 0 bridgehead atoms. The highest BCUT2D eigenvalue weighted by atomic mass is 79.9. The Bertz CT molecular complexity index is 377. The third-order valence-corrected chi connectivity index (χ3v) is 2.59. The number of hydrogen-bond acceptors (Lipinski definition) is 3. The van der Waals surface area contributed by atoms with E-state index in [0.717, 1.165) is 16.5 Å². The van der Waals surface area contributed by atoms with Crippen molar-refractivity contribution in [1.29, 1.82) is 0 Å². The largest absolute Gasteiger partial charge is 0.462 e. The summed E-state index contributed by atoms with van der Waals surface area (Å²) in [5, 5.41) is 0. The molecule has 0 atom stereocenters. The third kappa shape index (κ3) is 2.96. The van der Waals surface area contributed by atoms with Crippen molar-refractivity contribution >= 4 is 27.6 Å². The molecule has 82 valence electrons. The highest BCUT2D eigenvalue weighted by Crippen LogP contribution is 2.25. The van der Waals surface area contributed by atoms with Gasteiger partial charge in [-0.05, 0) is 47.0 Å². The standard InChI is InChI=1S/C11H14BrNO2/c1-3-4-15-11(14)8-5-7(2)6-9(12)10(8)13/h5-6H,3-4,13H2,1-2H3. The lowest BCUT2D eigenvalue weighted by Gasteiger charge is -2.08. The number of anilines is 1. The van der Waals surface area contributed by atoms with Gasteiger partial charge < -0.3 is 10.5 Å². The second-order valence-electron chi connectivity index (χ2n) is 3.34. The minimum absolute atomic E-state index is 0.362. The van der Waals surface area contributed by atoms with Crippen LogP contribution in [0.4, 0.5) is 5.69 Å². The van der Waals surface area contributed by atoms with Gasteiger partial charge in [-0.3, -0.25) is 0 Å². The maximum absolute atomic E-state index is 11.6. The molecule has 2 N–H and O–H groups in total. The van der Waals surface area contributed by atoms with Gasteiger partial charge in [-0.2, -0.15) is 0 Å². The second-order valence-corrected chi connectivity index (χ2v) is 4.20. The minimum atomic E-state index is -0.362. The van der Waals surface area contributed by atoms with Crippen LogP contribution in [-0.4, -0.2) is 12.6 Å². The molecule has 0 unspecified atom stereocenters. The average Bonchev–Trinajstić information content (AvgIpc) is 2.19. The number of nitrogens with two attached hydrogens (primary N) is 1. The van der Waals surface area contributed by atoms with E-state index in [-0.39, 0.29) is 5.97 Å². The lowest BCUT2D eigenvalue weighted by Crippen LogP contribution is -2.09. The summed E-state index contributed by atoms with van der Waals surface area (Å²) in [7, 11) is 0. The first-order valence-corrected chi connectivity index (χ1v) is 5.58. The zero-order chi connectivity index (χ0) is 11.4. The smallest absolute Gasteiger partial charge is 0.340 e. The Hall–Kier alpha value is -1.03. The van der Waals surface area contributed by atoms with Crippen LogP contribution in [-0.2, 0) is 4.74 Å². The van der Waals surface area contributed by atoms with Crippen molar-refractivity contribution < 1.29 is 9.53 Å². The van der Waals surface area contributed by atoms with Crippen molar-refractivity contribution in [3.8, 4) is 0 Å². The van der Waals surface area contributed by atoms with E-state index < -0.39 is 0 Å². The van der Waals surface area contributed by atoms with Crippen molar-refractivity contribution in [2.75, 3.05) is 12.3 Å². The van der Waals surface area contributed by atoms with Crippen molar-refractivity contribution in [3.05, 3.63) is 27.7 Å². The van der Waals surface area contributed by atoms with Crippen LogP contribution in [0.3, 0.4) is 0 Å². The van der Waals surface area contributed by atoms with Crippen LogP contribution >= 0.6 is 15.9 Å². The van der Waals surface area contributed by atoms with Crippen LogP contribution in [0.25, 0.3) is 0 Å². The molecule has 15 heavy (non-hydrogen) atoms. The molecule has 0 heterocycles. The Morgan fingerprint density at radius 3 is 2.80 bits per heavy atom. The molecular formula is C11H14BrNO2. The zero-order valence-electron chi connectivity index (χ0n) is 8.84. The molecule has 1 aromatic rings. The fourth-order valence-electron chi connectivity index (χ4n) is 1.19. The molecule has 0 radical (unpaired) electrons. The maximum atomic E-state index is 11.6. The lowest BCUT2D eigenvalue weighted by molar-refractivity contribution is 0.0506. The number of rotatable bonds is 3. The number of benzene rings is 1. The third-order valence-electron chi connectivity index (χ3n) is 1.93. The van der Waals surface area contributed by atoms with Crippen LogP contribution in [0.1, 0.15) is 29.3 Å². The first-order chi connectivity index (χ1) is 7.06. The normalized spacial score (nSPS) is 10.1. The van der Waals surface area contributed by atoms with E-state index in [1.807, 2.05) is 19.9 Å². The van der Waals surface area contributed by atoms with Crippen molar-refractivity contribution in [2.45, 2.75) is 20.3 Å². The number of halogens is 1. The van der Waals surface area contributed by atoms with Gasteiger partial charge in [-0.25, -0.2) is 4.79 Å². The van der Waals surface area contributed by atoms with E-state index in [9.17, 15) is 4.79 Å². The SMILES string of the molecule is CCCOC(=O)c1cc(C)cc(Br)c1N.